The van der Waals surface area contributed by atoms with Gasteiger partial charge in [-0.15, -0.1) is 11.3 Å². The quantitative estimate of drug-likeness (QED) is 0.565. The van der Waals surface area contributed by atoms with Gasteiger partial charge in [0.15, 0.2) is 0 Å². The molecule has 0 unspecified atom stereocenters. The summed E-state index contributed by atoms with van der Waals surface area (Å²) >= 11 is 1.64. The van der Waals surface area contributed by atoms with Gasteiger partial charge in [-0.3, -0.25) is 5.43 Å². The van der Waals surface area contributed by atoms with Crippen LogP contribution in [0.1, 0.15) is 23.1 Å². The van der Waals surface area contributed by atoms with Crippen molar-refractivity contribution in [2.75, 3.05) is 0 Å². The summed E-state index contributed by atoms with van der Waals surface area (Å²) in [7, 11) is 0. The van der Waals surface area contributed by atoms with Crippen molar-refractivity contribution in [3.8, 4) is 0 Å². The molecule has 0 aliphatic rings. The van der Waals surface area contributed by atoms with E-state index in [1.807, 2.05) is 37.3 Å². The first-order valence-electron chi connectivity index (χ1n) is 7.05. The van der Waals surface area contributed by atoms with Crippen molar-refractivity contribution in [3.63, 3.8) is 0 Å². The van der Waals surface area contributed by atoms with Crippen molar-refractivity contribution in [1.29, 1.82) is 0 Å². The third-order valence-corrected chi connectivity index (χ3v) is 4.47. The average molecular weight is 307 g/mol. The van der Waals surface area contributed by atoms with Crippen LogP contribution in [-0.2, 0) is 0 Å². The zero-order valence-electron chi connectivity index (χ0n) is 12.6. The highest BCUT2D eigenvalue weighted by Crippen LogP contribution is 2.22. The van der Waals surface area contributed by atoms with Crippen LogP contribution in [0.2, 0.25) is 0 Å². The molecule has 0 fully saturated rings. The Balaban J connectivity index is 1.78. The number of nitrogens with one attached hydrogen (secondary N) is 1. The summed E-state index contributed by atoms with van der Waals surface area (Å²) < 4.78 is 1.17. The van der Waals surface area contributed by atoms with Gasteiger partial charge in [0, 0.05) is 0 Å². The number of rotatable bonds is 4. The summed E-state index contributed by atoms with van der Waals surface area (Å²) in [5, 5.41) is 5.33. The molecule has 4 heteroatoms. The summed E-state index contributed by atoms with van der Waals surface area (Å²) in [6, 6.07) is 16.3. The van der Waals surface area contributed by atoms with Crippen LogP contribution in [-0.4, -0.2) is 10.7 Å². The normalized spacial score (nSPS) is 11.6. The van der Waals surface area contributed by atoms with Crippen LogP contribution < -0.4 is 5.43 Å². The number of nitrogens with zero attached hydrogens (tertiary/aromatic N) is 2. The molecule has 3 aromatic rings. The van der Waals surface area contributed by atoms with Gasteiger partial charge in [0.05, 0.1) is 21.6 Å². The fourth-order valence-electron chi connectivity index (χ4n) is 2.12. The van der Waals surface area contributed by atoms with E-state index in [1.165, 1.54) is 10.3 Å². The van der Waals surface area contributed by atoms with E-state index in [0.717, 1.165) is 27.5 Å². The molecule has 0 saturated carbocycles. The van der Waals surface area contributed by atoms with Crippen molar-refractivity contribution in [1.82, 2.24) is 10.4 Å². The van der Waals surface area contributed by atoms with Crippen LogP contribution in [0.4, 0.5) is 0 Å². The van der Waals surface area contributed by atoms with E-state index in [4.69, 9.17) is 0 Å². The van der Waals surface area contributed by atoms with Crippen molar-refractivity contribution >= 4 is 33.0 Å². The second-order valence-corrected chi connectivity index (χ2v) is 6.17. The van der Waals surface area contributed by atoms with E-state index in [0.29, 0.717) is 0 Å². The first-order chi connectivity index (χ1) is 10.6. The first-order valence-corrected chi connectivity index (χ1v) is 7.87. The predicted molar refractivity (Wildman–Crippen MR) is 95.2 cm³/mol. The van der Waals surface area contributed by atoms with E-state index < -0.39 is 0 Å². The standard InChI is InChI=1S/C18H17N3S/c1-12-7-6-8-15(11-12)13(2)20-21-14(3)18-19-16-9-4-5-10-17(16)22-18/h4-11,20H,2H2,1,3H3/b21-14+. The number of hydrogen-bond acceptors (Lipinski definition) is 4. The van der Waals surface area contributed by atoms with Crippen LogP contribution in [0.3, 0.4) is 0 Å². The highest BCUT2D eigenvalue weighted by atomic mass is 32.1. The van der Waals surface area contributed by atoms with Gasteiger partial charge in [-0.05, 0) is 37.6 Å². The Labute approximate surface area is 134 Å². The summed E-state index contributed by atoms with van der Waals surface area (Å²) in [5.74, 6) is 0. The molecule has 1 aromatic heterocycles. The molecule has 0 atom stereocenters. The molecule has 3 rings (SSSR count). The van der Waals surface area contributed by atoms with Crippen LogP contribution in [0.15, 0.2) is 60.2 Å². The van der Waals surface area contributed by atoms with Gasteiger partial charge in [0.2, 0.25) is 0 Å². The zero-order valence-corrected chi connectivity index (χ0v) is 13.4. The Kier molecular flexibility index (Phi) is 4.02. The summed E-state index contributed by atoms with van der Waals surface area (Å²) in [6.07, 6.45) is 0. The molecule has 0 bridgehead atoms. The lowest BCUT2D eigenvalue weighted by Crippen LogP contribution is -2.07. The Hall–Kier alpha value is -2.46. The van der Waals surface area contributed by atoms with E-state index in [9.17, 15) is 0 Å². The van der Waals surface area contributed by atoms with E-state index in [1.54, 1.807) is 11.3 Å². The largest absolute Gasteiger partial charge is 0.278 e. The van der Waals surface area contributed by atoms with Crippen LogP contribution in [0, 0.1) is 6.92 Å². The van der Waals surface area contributed by atoms with Gasteiger partial charge in [-0.2, -0.15) is 5.10 Å². The summed E-state index contributed by atoms with van der Waals surface area (Å²) in [6.45, 7) is 8.05. The molecule has 2 aromatic carbocycles. The Bertz CT molecular complexity index is 828. The highest BCUT2D eigenvalue weighted by Gasteiger charge is 2.06. The second kappa shape index (κ2) is 6.12. The molecule has 0 radical (unpaired) electrons. The van der Waals surface area contributed by atoms with Gasteiger partial charge >= 0.3 is 0 Å². The molecule has 22 heavy (non-hydrogen) atoms. The molecule has 0 spiro atoms. The van der Waals surface area contributed by atoms with Crippen LogP contribution in [0.5, 0.6) is 0 Å². The third-order valence-electron chi connectivity index (χ3n) is 3.33. The minimum absolute atomic E-state index is 0.782. The third kappa shape index (κ3) is 3.07. The van der Waals surface area contributed by atoms with Crippen LogP contribution >= 0.6 is 11.3 Å². The number of benzene rings is 2. The summed E-state index contributed by atoms with van der Waals surface area (Å²) in [4.78, 5) is 4.60. The Morgan fingerprint density at radius 1 is 1.18 bits per heavy atom. The average Bonchev–Trinajstić information content (AvgIpc) is 2.96. The molecule has 3 nitrogen and oxygen atoms in total. The van der Waals surface area contributed by atoms with Gasteiger partial charge in [0.25, 0.3) is 0 Å². The number of hydrogen-bond donors (Lipinski definition) is 1. The van der Waals surface area contributed by atoms with Gasteiger partial charge in [-0.25, -0.2) is 4.98 Å². The zero-order chi connectivity index (χ0) is 15.5. The smallest absolute Gasteiger partial charge is 0.140 e. The van der Waals surface area contributed by atoms with Gasteiger partial charge in [-0.1, -0.05) is 42.5 Å². The molecular formula is C18H17N3S. The fourth-order valence-corrected chi connectivity index (χ4v) is 3.03. The van der Waals surface area contributed by atoms with Gasteiger partial charge in [0.1, 0.15) is 5.01 Å². The number of para-hydroxylation sites is 1. The van der Waals surface area contributed by atoms with Gasteiger partial charge < -0.3 is 0 Å². The van der Waals surface area contributed by atoms with Crippen molar-refractivity contribution in [2.24, 2.45) is 5.10 Å². The number of aromatic nitrogens is 1. The lowest BCUT2D eigenvalue weighted by atomic mass is 10.1. The number of thiazole rings is 1. The predicted octanol–water partition coefficient (Wildman–Crippen LogP) is 4.59. The molecule has 0 amide bonds. The maximum atomic E-state index is 4.60. The monoisotopic (exact) mass is 307 g/mol. The second-order valence-electron chi connectivity index (χ2n) is 5.14. The number of aryl methyl sites for hydroxylation is 1. The highest BCUT2D eigenvalue weighted by molar-refractivity contribution is 7.20. The van der Waals surface area contributed by atoms with E-state index >= 15 is 0 Å². The van der Waals surface area contributed by atoms with E-state index in [2.05, 4.69) is 47.2 Å². The van der Waals surface area contributed by atoms with Crippen LogP contribution in [0.25, 0.3) is 15.9 Å². The van der Waals surface area contributed by atoms with Crippen molar-refractivity contribution < 1.29 is 0 Å². The first kappa shape index (κ1) is 14.5. The Morgan fingerprint density at radius 3 is 2.77 bits per heavy atom. The van der Waals surface area contributed by atoms with Crippen molar-refractivity contribution in [2.45, 2.75) is 13.8 Å². The SMILES string of the molecule is C=C(N/N=C(\C)c1nc2ccccc2s1)c1cccc(C)c1. The Morgan fingerprint density at radius 2 is 2.00 bits per heavy atom. The maximum Gasteiger partial charge on any atom is 0.140 e. The minimum Gasteiger partial charge on any atom is -0.278 e. The number of fused-ring (bicyclic) bond motifs is 1. The molecular weight excluding hydrogens is 290 g/mol. The molecule has 1 N–H and O–H groups in total. The molecule has 0 saturated heterocycles. The lowest BCUT2D eigenvalue weighted by Gasteiger charge is -2.06. The summed E-state index contributed by atoms with van der Waals surface area (Å²) in [5.41, 5.74) is 7.92. The topological polar surface area (TPSA) is 37.3 Å². The minimum atomic E-state index is 0.782. The van der Waals surface area contributed by atoms with E-state index in [-0.39, 0.29) is 0 Å². The maximum absolute atomic E-state index is 4.60. The molecule has 0 aliphatic heterocycles. The fraction of sp³-hybridized carbons (Fsp3) is 0.111. The molecule has 1 heterocycles. The van der Waals surface area contributed by atoms with Crippen molar-refractivity contribution in [3.05, 3.63) is 71.2 Å². The number of hydrazone groups is 1. The molecule has 0 aliphatic carbocycles. The lowest BCUT2D eigenvalue weighted by molar-refractivity contribution is 0.990. The molecule has 110 valence electrons.